The van der Waals surface area contributed by atoms with E-state index in [0.717, 1.165) is 0 Å². The van der Waals surface area contributed by atoms with Gasteiger partial charge in [0.25, 0.3) is 0 Å². The first-order valence-corrected chi connectivity index (χ1v) is 3.29. The molecule has 0 atom stereocenters. The van der Waals surface area contributed by atoms with Crippen LogP contribution in [-0.4, -0.2) is 24.3 Å². The van der Waals surface area contributed by atoms with Gasteiger partial charge in [0.05, 0.1) is 7.11 Å². The molecule has 0 aromatic carbocycles. The minimum absolute atomic E-state index is 0.157. The predicted molar refractivity (Wildman–Crippen MR) is 39.7 cm³/mol. The summed E-state index contributed by atoms with van der Waals surface area (Å²) in [5, 5.41) is 8.06. The number of hydrogen-bond donors (Lipinski definition) is 1. The number of carbonyl (C=O) groups is 1. The minimum Gasteiger partial charge on any atom is -0.469 e. The number of ether oxygens (including phenoxy) is 1. The summed E-state index contributed by atoms with van der Waals surface area (Å²) in [7, 11) is 1.38. The van der Waals surface area contributed by atoms with E-state index in [1.807, 2.05) is 0 Å². The summed E-state index contributed by atoms with van der Waals surface area (Å²) in [6.07, 6.45) is 0.302. The van der Waals surface area contributed by atoms with Gasteiger partial charge in [0, 0.05) is 12.5 Å². The van der Waals surface area contributed by atoms with E-state index in [1.165, 1.54) is 7.11 Å². The van der Waals surface area contributed by atoms with Crippen LogP contribution in [0.25, 0.3) is 0 Å². The molecule has 0 bridgehead atoms. The standard InChI is InChI=1S/C4H8O2.C3H8O/c1-3-4(5)6-2;1-3(2)4/h3H2,1-2H3;3-4H,1-2H3. The zero-order chi connectivity index (χ0) is 8.57. The van der Waals surface area contributed by atoms with E-state index < -0.39 is 0 Å². The zero-order valence-corrected chi connectivity index (χ0v) is 7.05. The van der Waals surface area contributed by atoms with Crippen molar-refractivity contribution in [3.63, 3.8) is 0 Å². The molecule has 0 aliphatic rings. The highest BCUT2D eigenvalue weighted by molar-refractivity contribution is 5.68. The summed E-state index contributed by atoms with van der Waals surface area (Å²) in [6.45, 7) is 5.20. The van der Waals surface area contributed by atoms with E-state index in [0.29, 0.717) is 6.42 Å². The second-order valence-corrected chi connectivity index (χ2v) is 2.02. The summed E-state index contributed by atoms with van der Waals surface area (Å²) in [6, 6.07) is 0. The molecule has 0 radical (unpaired) electrons. The van der Waals surface area contributed by atoms with Gasteiger partial charge in [0.1, 0.15) is 0 Å². The van der Waals surface area contributed by atoms with Crippen molar-refractivity contribution >= 4 is 5.97 Å². The van der Waals surface area contributed by atoms with Crippen LogP contribution in [0, 0.1) is 0 Å². The van der Waals surface area contributed by atoms with Gasteiger partial charge in [-0.1, -0.05) is 6.92 Å². The lowest BCUT2D eigenvalue weighted by atomic mass is 10.5. The number of esters is 1. The van der Waals surface area contributed by atoms with Crippen molar-refractivity contribution < 1.29 is 14.6 Å². The zero-order valence-electron chi connectivity index (χ0n) is 7.05. The second kappa shape index (κ2) is 8.43. The molecule has 0 amide bonds. The number of aliphatic hydroxyl groups is 1. The molecule has 0 aromatic rings. The first-order chi connectivity index (χ1) is 4.54. The molecule has 0 saturated carbocycles. The number of methoxy groups -OCH3 is 1. The van der Waals surface area contributed by atoms with E-state index in [9.17, 15) is 4.79 Å². The van der Waals surface area contributed by atoms with Gasteiger partial charge in [-0.25, -0.2) is 0 Å². The fourth-order valence-electron chi connectivity index (χ4n) is 0.144. The van der Waals surface area contributed by atoms with Gasteiger partial charge in [-0.05, 0) is 13.8 Å². The molecule has 0 aliphatic heterocycles. The maximum absolute atomic E-state index is 9.96. The minimum atomic E-state index is -0.167. The monoisotopic (exact) mass is 148 g/mol. The van der Waals surface area contributed by atoms with Crippen LogP contribution in [0.5, 0.6) is 0 Å². The summed E-state index contributed by atoms with van der Waals surface area (Å²) in [5.74, 6) is -0.157. The van der Waals surface area contributed by atoms with Crippen LogP contribution < -0.4 is 0 Å². The Bertz CT molecular complexity index is 70.2. The van der Waals surface area contributed by atoms with Crippen LogP contribution in [0.15, 0.2) is 0 Å². The van der Waals surface area contributed by atoms with Crippen molar-refractivity contribution in [2.75, 3.05) is 7.11 Å². The average molecular weight is 148 g/mol. The third-order valence-electron chi connectivity index (χ3n) is 0.516. The Morgan fingerprint density at radius 1 is 1.60 bits per heavy atom. The molecule has 62 valence electrons. The van der Waals surface area contributed by atoms with Crippen molar-refractivity contribution in [2.24, 2.45) is 0 Å². The Kier molecular flexibility index (Phi) is 10.2. The molecule has 0 aromatic heterocycles. The van der Waals surface area contributed by atoms with Gasteiger partial charge in [0.15, 0.2) is 0 Å². The lowest BCUT2D eigenvalue weighted by Gasteiger charge is -1.87. The quantitative estimate of drug-likeness (QED) is 0.563. The summed E-state index contributed by atoms with van der Waals surface area (Å²) in [4.78, 5) is 9.96. The van der Waals surface area contributed by atoms with Crippen LogP contribution in [0.3, 0.4) is 0 Å². The smallest absolute Gasteiger partial charge is 0.305 e. The molecule has 0 aliphatic carbocycles. The highest BCUT2D eigenvalue weighted by Gasteiger charge is 1.87. The van der Waals surface area contributed by atoms with Crippen molar-refractivity contribution in [3.8, 4) is 0 Å². The fraction of sp³-hybridized carbons (Fsp3) is 0.857. The Morgan fingerprint density at radius 2 is 1.90 bits per heavy atom. The molecule has 0 unspecified atom stereocenters. The van der Waals surface area contributed by atoms with E-state index in [-0.39, 0.29) is 12.1 Å². The molecule has 0 fully saturated rings. The molecular formula is C7H16O3. The third-order valence-corrected chi connectivity index (χ3v) is 0.516. The molecule has 10 heavy (non-hydrogen) atoms. The van der Waals surface area contributed by atoms with E-state index in [2.05, 4.69) is 4.74 Å². The molecule has 3 heteroatoms. The van der Waals surface area contributed by atoms with Crippen molar-refractivity contribution in [2.45, 2.75) is 33.3 Å². The molecular weight excluding hydrogens is 132 g/mol. The van der Waals surface area contributed by atoms with Gasteiger partial charge in [-0.15, -0.1) is 0 Å². The van der Waals surface area contributed by atoms with Crippen molar-refractivity contribution in [1.29, 1.82) is 0 Å². The Morgan fingerprint density at radius 3 is 1.90 bits per heavy atom. The molecule has 0 spiro atoms. The first kappa shape index (κ1) is 12.1. The van der Waals surface area contributed by atoms with Gasteiger partial charge < -0.3 is 9.84 Å². The predicted octanol–water partition coefficient (Wildman–Crippen LogP) is 0.956. The first-order valence-electron chi connectivity index (χ1n) is 3.29. The Hall–Kier alpha value is -0.570. The molecule has 0 saturated heterocycles. The maximum atomic E-state index is 9.96. The Labute approximate surface area is 62.0 Å². The third kappa shape index (κ3) is 26.1. The SMILES string of the molecule is CC(C)O.CCC(=O)OC. The topological polar surface area (TPSA) is 46.5 Å². The van der Waals surface area contributed by atoms with Gasteiger partial charge >= 0.3 is 5.97 Å². The summed E-state index contributed by atoms with van der Waals surface area (Å²) < 4.78 is 4.26. The van der Waals surface area contributed by atoms with Crippen LogP contribution >= 0.6 is 0 Å². The molecule has 0 heterocycles. The number of hydrogen-bond acceptors (Lipinski definition) is 3. The van der Waals surface area contributed by atoms with Crippen molar-refractivity contribution in [1.82, 2.24) is 0 Å². The van der Waals surface area contributed by atoms with Crippen molar-refractivity contribution in [3.05, 3.63) is 0 Å². The van der Waals surface area contributed by atoms with Crippen LogP contribution in [0.1, 0.15) is 27.2 Å². The summed E-state index contributed by atoms with van der Waals surface area (Å²) in [5.41, 5.74) is 0. The lowest BCUT2D eigenvalue weighted by Crippen LogP contribution is -1.94. The number of carbonyl (C=O) groups excluding carboxylic acids is 1. The second-order valence-electron chi connectivity index (χ2n) is 2.02. The van der Waals surface area contributed by atoms with Crippen LogP contribution in [-0.2, 0) is 9.53 Å². The maximum Gasteiger partial charge on any atom is 0.305 e. The largest absolute Gasteiger partial charge is 0.469 e. The van der Waals surface area contributed by atoms with Gasteiger partial charge in [-0.2, -0.15) is 0 Å². The Balaban J connectivity index is 0. The number of aliphatic hydroxyl groups excluding tert-OH is 1. The van der Waals surface area contributed by atoms with Gasteiger partial charge in [-0.3, -0.25) is 4.79 Å². The van der Waals surface area contributed by atoms with Crippen LogP contribution in [0.4, 0.5) is 0 Å². The van der Waals surface area contributed by atoms with Crippen LogP contribution in [0.2, 0.25) is 0 Å². The van der Waals surface area contributed by atoms with Gasteiger partial charge in [0.2, 0.25) is 0 Å². The summed E-state index contributed by atoms with van der Waals surface area (Å²) >= 11 is 0. The van der Waals surface area contributed by atoms with E-state index >= 15 is 0 Å². The molecule has 0 rings (SSSR count). The fourth-order valence-corrected chi connectivity index (χ4v) is 0.144. The highest BCUT2D eigenvalue weighted by Crippen LogP contribution is 1.76. The average Bonchev–Trinajstić information content (AvgIpc) is 1.85. The molecule has 1 N–H and O–H groups in total. The van der Waals surface area contributed by atoms with E-state index in [4.69, 9.17) is 5.11 Å². The lowest BCUT2D eigenvalue weighted by molar-refractivity contribution is -0.140. The normalized spacial score (nSPS) is 8.20. The van der Waals surface area contributed by atoms with E-state index in [1.54, 1.807) is 20.8 Å². The number of rotatable bonds is 1. The molecule has 3 nitrogen and oxygen atoms in total. The highest BCUT2D eigenvalue weighted by atomic mass is 16.5.